The van der Waals surface area contributed by atoms with Gasteiger partial charge in [0.25, 0.3) is 0 Å². The summed E-state index contributed by atoms with van der Waals surface area (Å²) in [7, 11) is 5.54. The van der Waals surface area contributed by atoms with Crippen LogP contribution in [0.25, 0.3) is 0 Å². The van der Waals surface area contributed by atoms with E-state index in [1.165, 1.54) is 18.2 Å². The standard InChI is InChI=1S/C21H27FN4O2/c1-5-20(27)23-16-11-12-17(22)18(13-16)24-21(28)26(4)19(14-25(2)3)15-9-7-6-8-10-15/h6-13,19H,5,14H2,1-4H3,(H,23,27)(H,24,28). The summed E-state index contributed by atoms with van der Waals surface area (Å²) in [6.45, 7) is 2.34. The zero-order chi connectivity index (χ0) is 20.7. The molecule has 0 fully saturated rings. The molecule has 0 bridgehead atoms. The van der Waals surface area contributed by atoms with Crippen molar-refractivity contribution in [1.82, 2.24) is 9.80 Å². The fraction of sp³-hybridized carbons (Fsp3) is 0.333. The summed E-state index contributed by atoms with van der Waals surface area (Å²) >= 11 is 0. The van der Waals surface area contributed by atoms with E-state index in [4.69, 9.17) is 0 Å². The van der Waals surface area contributed by atoms with Crippen LogP contribution in [0.3, 0.4) is 0 Å². The number of carbonyl (C=O) groups is 2. The average molecular weight is 386 g/mol. The highest BCUT2D eigenvalue weighted by Gasteiger charge is 2.23. The van der Waals surface area contributed by atoms with E-state index in [1.54, 1.807) is 18.9 Å². The fourth-order valence-electron chi connectivity index (χ4n) is 2.77. The number of anilines is 2. The molecule has 2 rings (SSSR count). The van der Waals surface area contributed by atoms with Gasteiger partial charge in [-0.05, 0) is 37.9 Å². The molecule has 0 aliphatic heterocycles. The summed E-state index contributed by atoms with van der Waals surface area (Å²) in [5.74, 6) is -0.753. The Hall–Kier alpha value is -2.93. The normalized spacial score (nSPS) is 11.8. The Morgan fingerprint density at radius 2 is 1.71 bits per heavy atom. The lowest BCUT2D eigenvalue weighted by molar-refractivity contribution is -0.115. The first-order valence-corrected chi connectivity index (χ1v) is 9.14. The smallest absolute Gasteiger partial charge is 0.322 e. The summed E-state index contributed by atoms with van der Waals surface area (Å²) < 4.78 is 14.2. The van der Waals surface area contributed by atoms with E-state index in [0.717, 1.165) is 5.56 Å². The van der Waals surface area contributed by atoms with E-state index in [0.29, 0.717) is 18.7 Å². The highest BCUT2D eigenvalue weighted by atomic mass is 19.1. The molecule has 3 amide bonds. The van der Waals surface area contributed by atoms with Crippen molar-refractivity contribution in [2.75, 3.05) is 38.3 Å². The maximum Gasteiger partial charge on any atom is 0.322 e. The summed E-state index contributed by atoms with van der Waals surface area (Å²) in [4.78, 5) is 27.9. The monoisotopic (exact) mass is 386 g/mol. The van der Waals surface area contributed by atoms with Crippen LogP contribution in [0.1, 0.15) is 24.9 Å². The van der Waals surface area contributed by atoms with Crippen molar-refractivity contribution in [2.45, 2.75) is 19.4 Å². The highest BCUT2D eigenvalue weighted by molar-refractivity contribution is 5.93. The van der Waals surface area contributed by atoms with Gasteiger partial charge in [0.2, 0.25) is 5.91 Å². The second kappa shape index (κ2) is 9.85. The third-order valence-corrected chi connectivity index (χ3v) is 4.32. The van der Waals surface area contributed by atoms with Gasteiger partial charge in [0.05, 0.1) is 11.7 Å². The van der Waals surface area contributed by atoms with E-state index in [9.17, 15) is 14.0 Å². The minimum Gasteiger partial charge on any atom is -0.326 e. The number of amides is 3. The topological polar surface area (TPSA) is 64.7 Å². The van der Waals surface area contributed by atoms with Gasteiger partial charge in [-0.3, -0.25) is 4.79 Å². The number of urea groups is 1. The first-order chi connectivity index (χ1) is 13.3. The molecule has 0 spiro atoms. The van der Waals surface area contributed by atoms with Crippen LogP contribution in [-0.2, 0) is 4.79 Å². The number of likely N-dealkylation sites (N-methyl/N-ethyl adjacent to an activating group) is 2. The molecule has 0 radical (unpaired) electrons. The molecule has 7 heteroatoms. The Morgan fingerprint density at radius 3 is 2.32 bits per heavy atom. The van der Waals surface area contributed by atoms with Crippen molar-refractivity contribution in [3.05, 3.63) is 59.9 Å². The maximum absolute atomic E-state index is 14.2. The van der Waals surface area contributed by atoms with Gasteiger partial charge in [0.15, 0.2) is 0 Å². The Bertz CT molecular complexity index is 811. The average Bonchev–Trinajstić information content (AvgIpc) is 2.68. The molecule has 0 aliphatic rings. The van der Waals surface area contributed by atoms with Gasteiger partial charge >= 0.3 is 6.03 Å². The Morgan fingerprint density at radius 1 is 1.04 bits per heavy atom. The molecule has 0 saturated heterocycles. The molecule has 2 N–H and O–H groups in total. The third kappa shape index (κ3) is 5.79. The van der Waals surface area contributed by atoms with Crippen LogP contribution in [0.4, 0.5) is 20.6 Å². The Balaban J connectivity index is 2.19. The van der Waals surface area contributed by atoms with E-state index >= 15 is 0 Å². The predicted molar refractivity (Wildman–Crippen MR) is 110 cm³/mol. The van der Waals surface area contributed by atoms with Crippen molar-refractivity contribution in [3.63, 3.8) is 0 Å². The maximum atomic E-state index is 14.2. The molecule has 0 aliphatic carbocycles. The van der Waals surface area contributed by atoms with Crippen molar-refractivity contribution >= 4 is 23.3 Å². The van der Waals surface area contributed by atoms with Crippen LogP contribution < -0.4 is 10.6 Å². The zero-order valence-electron chi connectivity index (χ0n) is 16.7. The number of nitrogens with one attached hydrogen (secondary N) is 2. The van der Waals surface area contributed by atoms with Crippen LogP contribution >= 0.6 is 0 Å². The minimum absolute atomic E-state index is 0.0161. The van der Waals surface area contributed by atoms with E-state index in [2.05, 4.69) is 10.6 Å². The van der Waals surface area contributed by atoms with Gasteiger partial charge in [0, 0.05) is 25.7 Å². The number of rotatable bonds is 7. The minimum atomic E-state index is -0.569. The summed E-state index contributed by atoms with van der Waals surface area (Å²) in [5, 5.41) is 5.27. The lowest BCUT2D eigenvalue weighted by Crippen LogP contribution is -2.39. The van der Waals surface area contributed by atoms with Gasteiger partial charge in [0.1, 0.15) is 5.82 Å². The number of halogens is 1. The van der Waals surface area contributed by atoms with Gasteiger partial charge in [-0.15, -0.1) is 0 Å². The molecular weight excluding hydrogens is 359 g/mol. The molecule has 0 aromatic heterocycles. The molecule has 2 aromatic carbocycles. The number of hydrogen-bond donors (Lipinski definition) is 2. The van der Waals surface area contributed by atoms with E-state index in [1.807, 2.05) is 49.3 Å². The Labute approximate surface area is 165 Å². The van der Waals surface area contributed by atoms with E-state index in [-0.39, 0.29) is 17.6 Å². The van der Waals surface area contributed by atoms with Crippen molar-refractivity contribution in [2.24, 2.45) is 0 Å². The zero-order valence-corrected chi connectivity index (χ0v) is 16.7. The molecular formula is C21H27FN4O2. The van der Waals surface area contributed by atoms with Crippen LogP contribution in [0, 0.1) is 5.82 Å². The molecule has 6 nitrogen and oxygen atoms in total. The number of hydrogen-bond acceptors (Lipinski definition) is 3. The summed E-state index contributed by atoms with van der Waals surface area (Å²) in [6, 6.07) is 13.1. The second-order valence-corrected chi connectivity index (χ2v) is 6.83. The molecule has 2 aromatic rings. The summed E-state index contributed by atoms with van der Waals surface area (Å²) in [5.41, 5.74) is 1.43. The van der Waals surface area contributed by atoms with Crippen molar-refractivity contribution in [3.8, 4) is 0 Å². The van der Waals surface area contributed by atoms with Gasteiger partial charge in [-0.25, -0.2) is 9.18 Å². The molecule has 150 valence electrons. The van der Waals surface area contributed by atoms with E-state index < -0.39 is 11.8 Å². The molecule has 1 unspecified atom stereocenters. The van der Waals surface area contributed by atoms with Crippen molar-refractivity contribution in [1.29, 1.82) is 0 Å². The fourth-order valence-corrected chi connectivity index (χ4v) is 2.77. The van der Waals surface area contributed by atoms with Gasteiger partial charge in [-0.2, -0.15) is 0 Å². The predicted octanol–water partition coefficient (Wildman–Crippen LogP) is 3.94. The SMILES string of the molecule is CCC(=O)Nc1ccc(F)c(NC(=O)N(C)C(CN(C)C)c2ccccc2)c1. The van der Waals surface area contributed by atoms with Crippen LogP contribution in [0.5, 0.6) is 0 Å². The second-order valence-electron chi connectivity index (χ2n) is 6.83. The molecule has 0 saturated carbocycles. The van der Waals surface area contributed by atoms with Crippen LogP contribution in [0.15, 0.2) is 48.5 Å². The largest absolute Gasteiger partial charge is 0.326 e. The summed E-state index contributed by atoms with van der Waals surface area (Å²) in [6.07, 6.45) is 0.311. The first-order valence-electron chi connectivity index (χ1n) is 9.14. The first kappa shape index (κ1) is 21.4. The molecule has 28 heavy (non-hydrogen) atoms. The molecule has 1 atom stereocenters. The van der Waals surface area contributed by atoms with Crippen LogP contribution in [0.2, 0.25) is 0 Å². The lowest BCUT2D eigenvalue weighted by Gasteiger charge is -2.31. The number of carbonyl (C=O) groups excluding carboxylic acids is 2. The van der Waals surface area contributed by atoms with Crippen LogP contribution in [-0.4, -0.2) is 49.4 Å². The quantitative estimate of drug-likeness (QED) is 0.758. The lowest BCUT2D eigenvalue weighted by atomic mass is 10.1. The number of nitrogens with zero attached hydrogens (tertiary/aromatic N) is 2. The van der Waals surface area contributed by atoms with Gasteiger partial charge < -0.3 is 20.4 Å². The van der Waals surface area contributed by atoms with Crippen molar-refractivity contribution < 1.29 is 14.0 Å². The Kier molecular flexibility index (Phi) is 7.52. The highest BCUT2D eigenvalue weighted by Crippen LogP contribution is 2.24. The third-order valence-electron chi connectivity index (χ3n) is 4.32. The van der Waals surface area contributed by atoms with Gasteiger partial charge in [-0.1, -0.05) is 37.3 Å². The molecule has 0 heterocycles. The number of benzene rings is 2.